The van der Waals surface area contributed by atoms with Gasteiger partial charge < -0.3 is 14.6 Å². The van der Waals surface area contributed by atoms with Gasteiger partial charge in [-0.1, -0.05) is 42.5 Å². The molecule has 1 saturated heterocycles. The van der Waals surface area contributed by atoms with Gasteiger partial charge in [0.1, 0.15) is 5.69 Å². The van der Waals surface area contributed by atoms with E-state index in [2.05, 4.69) is 5.32 Å². The van der Waals surface area contributed by atoms with E-state index < -0.39 is 18.3 Å². The highest BCUT2D eigenvalue weighted by molar-refractivity contribution is 6.64. The Morgan fingerprint density at radius 1 is 1.00 bits per heavy atom. The normalized spacial score (nSPS) is 17.9. The van der Waals surface area contributed by atoms with E-state index in [4.69, 9.17) is 9.31 Å². The molecule has 0 unspecified atom stereocenters. The van der Waals surface area contributed by atoms with Gasteiger partial charge in [-0.25, -0.2) is 0 Å². The first kappa shape index (κ1) is 18.4. The molecule has 0 aromatic heterocycles. The van der Waals surface area contributed by atoms with Gasteiger partial charge in [0, 0.05) is 18.1 Å². The zero-order chi connectivity index (χ0) is 18.9. The molecule has 0 bridgehead atoms. The number of nitro groups is 1. The molecule has 26 heavy (non-hydrogen) atoms. The van der Waals surface area contributed by atoms with Gasteiger partial charge in [-0.2, -0.15) is 0 Å². The Hall–Kier alpha value is -2.38. The van der Waals surface area contributed by atoms with E-state index >= 15 is 0 Å². The SMILES string of the molecule is CC1(C)OB(c2cccc([N+](=O)[O-])c2NCc2ccccc2)OC1(C)C. The molecule has 0 radical (unpaired) electrons. The third-order valence-corrected chi connectivity index (χ3v) is 5.09. The van der Waals surface area contributed by atoms with Crippen LogP contribution in [0.3, 0.4) is 0 Å². The highest BCUT2D eigenvalue weighted by Crippen LogP contribution is 2.37. The quantitative estimate of drug-likeness (QED) is 0.505. The second-order valence-electron chi connectivity index (χ2n) is 7.43. The maximum Gasteiger partial charge on any atom is 0.497 e. The van der Waals surface area contributed by atoms with Crippen molar-refractivity contribution in [3.05, 3.63) is 64.2 Å². The molecule has 0 amide bonds. The van der Waals surface area contributed by atoms with E-state index in [0.29, 0.717) is 17.7 Å². The van der Waals surface area contributed by atoms with Crippen molar-refractivity contribution in [2.45, 2.75) is 45.4 Å². The minimum Gasteiger partial charge on any atom is -0.399 e. The standard InChI is InChI=1S/C19H23BN2O4/c1-18(2)19(3,4)26-20(25-18)15-11-8-12-16(22(23)24)17(15)21-13-14-9-6-5-7-10-14/h5-12,21H,13H2,1-4H3. The molecule has 1 heterocycles. The average Bonchev–Trinajstić information content (AvgIpc) is 2.81. The van der Waals surface area contributed by atoms with E-state index in [1.54, 1.807) is 6.07 Å². The summed E-state index contributed by atoms with van der Waals surface area (Å²) in [5.74, 6) is 0. The number of anilines is 1. The van der Waals surface area contributed by atoms with Crippen LogP contribution in [-0.2, 0) is 15.9 Å². The van der Waals surface area contributed by atoms with E-state index in [9.17, 15) is 10.1 Å². The Morgan fingerprint density at radius 3 is 2.19 bits per heavy atom. The number of nitro benzene ring substituents is 1. The molecule has 2 aromatic rings. The Kier molecular flexibility index (Phi) is 4.77. The van der Waals surface area contributed by atoms with Crippen LogP contribution in [-0.4, -0.2) is 23.2 Å². The van der Waals surface area contributed by atoms with E-state index in [1.807, 2.05) is 64.1 Å². The van der Waals surface area contributed by atoms with E-state index in [1.165, 1.54) is 6.07 Å². The number of para-hydroxylation sites is 1. The summed E-state index contributed by atoms with van der Waals surface area (Å²) in [7, 11) is -0.668. The minimum absolute atomic E-state index is 0.00754. The van der Waals surface area contributed by atoms with Crippen LogP contribution >= 0.6 is 0 Å². The molecule has 7 heteroatoms. The third kappa shape index (κ3) is 3.45. The lowest BCUT2D eigenvalue weighted by Gasteiger charge is -2.32. The van der Waals surface area contributed by atoms with Crippen molar-refractivity contribution in [2.75, 3.05) is 5.32 Å². The second-order valence-corrected chi connectivity index (χ2v) is 7.43. The lowest BCUT2D eigenvalue weighted by molar-refractivity contribution is -0.383. The van der Waals surface area contributed by atoms with Crippen LogP contribution in [0.15, 0.2) is 48.5 Å². The zero-order valence-corrected chi connectivity index (χ0v) is 15.5. The van der Waals surface area contributed by atoms with Gasteiger partial charge in [0.05, 0.1) is 16.1 Å². The summed E-state index contributed by atoms with van der Waals surface area (Å²) in [6, 6.07) is 14.7. The summed E-state index contributed by atoms with van der Waals surface area (Å²) < 4.78 is 12.2. The lowest BCUT2D eigenvalue weighted by atomic mass is 9.77. The number of hydrogen-bond acceptors (Lipinski definition) is 5. The topological polar surface area (TPSA) is 73.6 Å². The molecule has 0 saturated carbocycles. The number of hydrogen-bond donors (Lipinski definition) is 1. The zero-order valence-electron chi connectivity index (χ0n) is 15.5. The first-order valence-corrected chi connectivity index (χ1v) is 8.62. The Morgan fingerprint density at radius 2 is 1.62 bits per heavy atom. The summed E-state index contributed by atoms with van der Waals surface area (Å²) in [6.07, 6.45) is 0. The molecule has 3 rings (SSSR count). The number of rotatable bonds is 5. The average molecular weight is 354 g/mol. The lowest BCUT2D eigenvalue weighted by Crippen LogP contribution is -2.41. The molecule has 136 valence electrons. The number of nitrogens with one attached hydrogen (secondary N) is 1. The summed E-state index contributed by atoms with van der Waals surface area (Å²) in [5.41, 5.74) is 1.07. The van der Waals surface area contributed by atoms with Crippen LogP contribution in [0.25, 0.3) is 0 Å². The highest BCUT2D eigenvalue weighted by Gasteiger charge is 2.52. The minimum atomic E-state index is -0.668. The van der Waals surface area contributed by atoms with Gasteiger partial charge in [-0.05, 0) is 33.3 Å². The van der Waals surface area contributed by atoms with Crippen molar-refractivity contribution in [3.63, 3.8) is 0 Å². The van der Waals surface area contributed by atoms with Crippen molar-refractivity contribution in [1.29, 1.82) is 0 Å². The van der Waals surface area contributed by atoms with Crippen LogP contribution in [0.2, 0.25) is 0 Å². The fraction of sp³-hybridized carbons (Fsp3) is 0.368. The largest absolute Gasteiger partial charge is 0.497 e. The van der Waals surface area contributed by atoms with Crippen molar-refractivity contribution in [2.24, 2.45) is 0 Å². The van der Waals surface area contributed by atoms with E-state index in [-0.39, 0.29) is 10.6 Å². The van der Waals surface area contributed by atoms with Crippen LogP contribution in [0.1, 0.15) is 33.3 Å². The Balaban J connectivity index is 1.95. The van der Waals surface area contributed by atoms with Gasteiger partial charge in [-0.3, -0.25) is 10.1 Å². The summed E-state index contributed by atoms with van der Waals surface area (Å²) in [6.45, 7) is 8.31. The molecule has 0 spiro atoms. The molecular formula is C19H23BN2O4. The monoisotopic (exact) mass is 354 g/mol. The Bertz CT molecular complexity index is 792. The molecule has 1 aliphatic rings. The smallest absolute Gasteiger partial charge is 0.399 e. The van der Waals surface area contributed by atoms with Crippen LogP contribution in [0.4, 0.5) is 11.4 Å². The van der Waals surface area contributed by atoms with Crippen LogP contribution in [0, 0.1) is 10.1 Å². The third-order valence-electron chi connectivity index (χ3n) is 5.09. The van der Waals surface area contributed by atoms with Crippen LogP contribution in [0.5, 0.6) is 0 Å². The van der Waals surface area contributed by atoms with Gasteiger partial charge in [0.25, 0.3) is 5.69 Å². The van der Waals surface area contributed by atoms with Gasteiger partial charge in [0.2, 0.25) is 0 Å². The summed E-state index contributed by atoms with van der Waals surface area (Å²) in [4.78, 5) is 11.2. The summed E-state index contributed by atoms with van der Waals surface area (Å²) in [5, 5.41) is 14.7. The molecule has 1 N–H and O–H groups in total. The first-order valence-electron chi connectivity index (χ1n) is 8.62. The maximum absolute atomic E-state index is 11.5. The van der Waals surface area contributed by atoms with E-state index in [0.717, 1.165) is 5.56 Å². The van der Waals surface area contributed by atoms with Crippen molar-refractivity contribution in [1.82, 2.24) is 0 Å². The van der Waals surface area contributed by atoms with Crippen molar-refractivity contribution in [3.8, 4) is 0 Å². The summed E-state index contributed by atoms with van der Waals surface area (Å²) >= 11 is 0. The molecule has 0 aliphatic carbocycles. The molecule has 0 atom stereocenters. The first-order chi connectivity index (χ1) is 12.2. The Labute approximate surface area is 153 Å². The van der Waals surface area contributed by atoms with Gasteiger partial charge in [-0.15, -0.1) is 0 Å². The fourth-order valence-electron chi connectivity index (χ4n) is 2.86. The number of nitrogens with zero attached hydrogens (tertiary/aromatic N) is 1. The predicted molar refractivity (Wildman–Crippen MR) is 103 cm³/mol. The maximum atomic E-state index is 11.5. The van der Waals surface area contributed by atoms with Crippen LogP contribution < -0.4 is 10.8 Å². The molecule has 1 aliphatic heterocycles. The molecule has 1 fully saturated rings. The molecular weight excluding hydrogens is 331 g/mol. The predicted octanol–water partition coefficient (Wildman–Crippen LogP) is 3.51. The second kappa shape index (κ2) is 6.74. The van der Waals surface area contributed by atoms with Crippen molar-refractivity contribution >= 4 is 24.0 Å². The van der Waals surface area contributed by atoms with Crippen molar-refractivity contribution < 1.29 is 14.2 Å². The van der Waals surface area contributed by atoms with Gasteiger partial charge in [0.15, 0.2) is 0 Å². The fourth-order valence-corrected chi connectivity index (χ4v) is 2.86. The van der Waals surface area contributed by atoms with Gasteiger partial charge >= 0.3 is 7.12 Å². The number of benzene rings is 2. The molecule has 2 aromatic carbocycles. The molecule has 6 nitrogen and oxygen atoms in total. The highest BCUT2D eigenvalue weighted by atomic mass is 16.7.